The van der Waals surface area contributed by atoms with Crippen LogP contribution in [0.15, 0.2) is 18.3 Å². The molecular weight excluding hydrogens is 162 g/mol. The summed E-state index contributed by atoms with van der Waals surface area (Å²) in [5.41, 5.74) is 1.27. The third-order valence-electron chi connectivity index (χ3n) is 2.51. The Morgan fingerprint density at radius 3 is 2.77 bits per heavy atom. The summed E-state index contributed by atoms with van der Waals surface area (Å²) < 4.78 is 0. The highest BCUT2D eigenvalue weighted by atomic mass is 15.4. The van der Waals surface area contributed by atoms with Crippen molar-refractivity contribution in [1.82, 2.24) is 4.98 Å². The normalized spacial score (nSPS) is 14.9. The second-order valence-electron chi connectivity index (χ2n) is 3.20. The molecule has 70 valence electrons. The Kier molecular flexibility index (Phi) is 2.08. The third kappa shape index (κ3) is 1.24. The molecule has 3 heteroatoms. The van der Waals surface area contributed by atoms with Gasteiger partial charge >= 0.3 is 0 Å². The molecule has 1 aliphatic heterocycles. The van der Waals surface area contributed by atoms with E-state index < -0.39 is 0 Å². The first-order valence-corrected chi connectivity index (χ1v) is 4.81. The van der Waals surface area contributed by atoms with Gasteiger partial charge in [-0.15, -0.1) is 0 Å². The Morgan fingerprint density at radius 2 is 2.08 bits per heavy atom. The fraction of sp³-hybridized carbons (Fsp3) is 0.500. The fourth-order valence-electron chi connectivity index (χ4n) is 1.75. The molecule has 0 spiro atoms. The van der Waals surface area contributed by atoms with Crippen LogP contribution in [-0.2, 0) is 0 Å². The van der Waals surface area contributed by atoms with E-state index in [9.17, 15) is 0 Å². The van der Waals surface area contributed by atoms with E-state index >= 15 is 0 Å². The van der Waals surface area contributed by atoms with Gasteiger partial charge < -0.3 is 9.80 Å². The largest absolute Gasteiger partial charge is 0.351 e. The Morgan fingerprint density at radius 1 is 1.31 bits per heavy atom. The quantitative estimate of drug-likeness (QED) is 0.685. The number of rotatable bonds is 2. The molecule has 2 rings (SSSR count). The first kappa shape index (κ1) is 8.35. The van der Waals surface area contributed by atoms with E-state index in [2.05, 4.69) is 34.7 Å². The van der Waals surface area contributed by atoms with Gasteiger partial charge in [0.2, 0.25) is 0 Å². The van der Waals surface area contributed by atoms with E-state index in [1.54, 1.807) is 0 Å². The van der Waals surface area contributed by atoms with Gasteiger partial charge in [0.1, 0.15) is 0 Å². The van der Waals surface area contributed by atoms with E-state index in [0.29, 0.717) is 0 Å². The molecule has 0 aromatic carbocycles. The smallest absolute Gasteiger partial charge is 0.153 e. The van der Waals surface area contributed by atoms with Crippen LogP contribution in [0.5, 0.6) is 0 Å². The SMILES string of the molecule is CCN1CN(CC)c2ncccc21. The predicted molar refractivity (Wildman–Crippen MR) is 55.1 cm³/mol. The van der Waals surface area contributed by atoms with Gasteiger partial charge in [0.15, 0.2) is 5.82 Å². The summed E-state index contributed by atoms with van der Waals surface area (Å²) in [6, 6.07) is 4.14. The second-order valence-corrected chi connectivity index (χ2v) is 3.20. The molecule has 2 heterocycles. The first-order chi connectivity index (χ1) is 6.36. The van der Waals surface area contributed by atoms with E-state index in [1.165, 1.54) is 5.69 Å². The van der Waals surface area contributed by atoms with Gasteiger partial charge in [-0.1, -0.05) is 0 Å². The van der Waals surface area contributed by atoms with Crippen molar-refractivity contribution in [3.8, 4) is 0 Å². The highest BCUT2D eigenvalue weighted by molar-refractivity contribution is 5.71. The molecule has 1 aromatic heterocycles. The zero-order valence-electron chi connectivity index (χ0n) is 8.20. The Balaban J connectivity index is 2.38. The van der Waals surface area contributed by atoms with Crippen LogP contribution in [0.1, 0.15) is 13.8 Å². The molecular formula is C10H15N3. The van der Waals surface area contributed by atoms with Crippen molar-refractivity contribution in [2.24, 2.45) is 0 Å². The van der Waals surface area contributed by atoms with Crippen molar-refractivity contribution in [2.75, 3.05) is 29.6 Å². The standard InChI is InChI=1S/C10H15N3/c1-3-12-8-13(4-2)10-9(12)6-5-7-11-10/h5-7H,3-4,8H2,1-2H3. The number of hydrogen-bond donors (Lipinski definition) is 0. The monoisotopic (exact) mass is 177 g/mol. The molecule has 1 aromatic rings. The lowest BCUT2D eigenvalue weighted by molar-refractivity contribution is 0.796. The minimum absolute atomic E-state index is 0.985. The average molecular weight is 177 g/mol. The number of fused-ring (bicyclic) bond motifs is 1. The molecule has 0 amide bonds. The highest BCUT2D eigenvalue weighted by Crippen LogP contribution is 2.32. The summed E-state index contributed by atoms with van der Waals surface area (Å²) in [5.74, 6) is 1.13. The number of nitrogens with zero attached hydrogens (tertiary/aromatic N) is 3. The molecule has 13 heavy (non-hydrogen) atoms. The van der Waals surface area contributed by atoms with Gasteiger partial charge in [-0.2, -0.15) is 0 Å². The van der Waals surface area contributed by atoms with E-state index in [0.717, 1.165) is 25.6 Å². The molecule has 0 saturated heterocycles. The van der Waals surface area contributed by atoms with Crippen molar-refractivity contribution in [3.05, 3.63) is 18.3 Å². The maximum atomic E-state index is 4.39. The van der Waals surface area contributed by atoms with Crippen LogP contribution in [0, 0.1) is 0 Å². The Bertz CT molecular complexity index is 269. The van der Waals surface area contributed by atoms with E-state index in [-0.39, 0.29) is 0 Å². The summed E-state index contributed by atoms with van der Waals surface area (Å²) in [7, 11) is 0. The Labute approximate surface area is 79.0 Å². The molecule has 3 nitrogen and oxygen atoms in total. The number of anilines is 2. The van der Waals surface area contributed by atoms with Crippen LogP contribution < -0.4 is 9.80 Å². The third-order valence-corrected chi connectivity index (χ3v) is 2.51. The van der Waals surface area contributed by atoms with Crippen LogP contribution in [0.3, 0.4) is 0 Å². The van der Waals surface area contributed by atoms with Crippen LogP contribution in [0.4, 0.5) is 11.5 Å². The molecule has 0 atom stereocenters. The predicted octanol–water partition coefficient (Wildman–Crippen LogP) is 1.71. The minimum atomic E-state index is 0.985. The molecule has 0 unspecified atom stereocenters. The summed E-state index contributed by atoms with van der Waals surface area (Å²) >= 11 is 0. The molecule has 0 radical (unpaired) electrons. The molecule has 1 aliphatic rings. The van der Waals surface area contributed by atoms with Crippen molar-refractivity contribution < 1.29 is 0 Å². The minimum Gasteiger partial charge on any atom is -0.351 e. The number of hydrogen-bond acceptors (Lipinski definition) is 3. The van der Waals surface area contributed by atoms with Gasteiger partial charge in [0, 0.05) is 19.3 Å². The summed E-state index contributed by atoms with van der Waals surface area (Å²) in [5, 5.41) is 0. The molecule has 0 N–H and O–H groups in total. The number of pyridine rings is 1. The van der Waals surface area contributed by atoms with Gasteiger partial charge in [0.05, 0.1) is 12.4 Å². The van der Waals surface area contributed by atoms with Crippen LogP contribution in [0.25, 0.3) is 0 Å². The van der Waals surface area contributed by atoms with Gasteiger partial charge in [-0.25, -0.2) is 4.98 Å². The van der Waals surface area contributed by atoms with Gasteiger partial charge in [-0.3, -0.25) is 0 Å². The summed E-state index contributed by atoms with van der Waals surface area (Å²) in [6.07, 6.45) is 1.86. The van der Waals surface area contributed by atoms with E-state index in [1.807, 2.05) is 12.3 Å². The van der Waals surface area contributed by atoms with Crippen LogP contribution in [0.2, 0.25) is 0 Å². The summed E-state index contributed by atoms with van der Waals surface area (Å²) in [6.45, 7) is 7.41. The zero-order chi connectivity index (χ0) is 9.26. The molecule has 0 fully saturated rings. The van der Waals surface area contributed by atoms with Gasteiger partial charge in [0.25, 0.3) is 0 Å². The Hall–Kier alpha value is -1.25. The van der Waals surface area contributed by atoms with Crippen molar-refractivity contribution in [2.45, 2.75) is 13.8 Å². The molecule has 0 bridgehead atoms. The van der Waals surface area contributed by atoms with Crippen LogP contribution >= 0.6 is 0 Å². The van der Waals surface area contributed by atoms with Gasteiger partial charge in [-0.05, 0) is 26.0 Å². The average Bonchev–Trinajstić information content (AvgIpc) is 2.56. The lowest BCUT2D eigenvalue weighted by Crippen LogP contribution is -2.30. The first-order valence-electron chi connectivity index (χ1n) is 4.81. The number of aromatic nitrogens is 1. The second kappa shape index (κ2) is 3.24. The van der Waals surface area contributed by atoms with Crippen molar-refractivity contribution >= 4 is 11.5 Å². The summed E-state index contributed by atoms with van der Waals surface area (Å²) in [4.78, 5) is 9.02. The maximum Gasteiger partial charge on any atom is 0.153 e. The highest BCUT2D eigenvalue weighted by Gasteiger charge is 2.23. The van der Waals surface area contributed by atoms with Crippen molar-refractivity contribution in [3.63, 3.8) is 0 Å². The topological polar surface area (TPSA) is 19.4 Å². The molecule has 0 aliphatic carbocycles. The lowest BCUT2D eigenvalue weighted by Gasteiger charge is -2.17. The maximum absolute atomic E-state index is 4.39. The van der Waals surface area contributed by atoms with Crippen LogP contribution in [-0.4, -0.2) is 24.7 Å². The van der Waals surface area contributed by atoms with Crippen molar-refractivity contribution in [1.29, 1.82) is 0 Å². The zero-order valence-corrected chi connectivity index (χ0v) is 8.20. The lowest BCUT2D eigenvalue weighted by atomic mass is 10.3. The fourth-order valence-corrected chi connectivity index (χ4v) is 1.75. The van der Waals surface area contributed by atoms with E-state index in [4.69, 9.17) is 0 Å². The molecule has 0 saturated carbocycles.